The minimum atomic E-state index is -0.768. The van der Waals surface area contributed by atoms with Crippen LogP contribution in [0.3, 0.4) is 0 Å². The number of carbonyl (C=O) groups is 3. The molecule has 70 heavy (non-hydrogen) atoms. The van der Waals surface area contributed by atoms with Crippen LogP contribution >= 0.6 is 0 Å². The predicted octanol–water partition coefficient (Wildman–Crippen LogP) is 21.1. The van der Waals surface area contributed by atoms with Crippen LogP contribution in [0.15, 0.2) is 24.3 Å². The van der Waals surface area contributed by atoms with Crippen molar-refractivity contribution in [3.63, 3.8) is 0 Å². The topological polar surface area (TPSA) is 78.9 Å². The van der Waals surface area contributed by atoms with E-state index in [2.05, 4.69) is 45.1 Å². The Labute approximate surface area is 436 Å². The summed E-state index contributed by atoms with van der Waals surface area (Å²) in [6.07, 6.45) is 70.3. The molecule has 0 amide bonds. The molecular weight excluding hydrogens is 865 g/mol. The lowest BCUT2D eigenvalue weighted by Crippen LogP contribution is -2.30. The molecule has 0 spiro atoms. The van der Waals surface area contributed by atoms with Crippen LogP contribution in [0.25, 0.3) is 0 Å². The van der Waals surface area contributed by atoms with Crippen LogP contribution in [-0.4, -0.2) is 37.2 Å². The molecule has 0 aliphatic rings. The minimum absolute atomic E-state index is 0.0663. The summed E-state index contributed by atoms with van der Waals surface area (Å²) in [5, 5.41) is 0. The first-order valence-electron chi connectivity index (χ1n) is 31.3. The van der Waals surface area contributed by atoms with Gasteiger partial charge in [-0.15, -0.1) is 0 Å². The third-order valence-electron chi connectivity index (χ3n) is 14.2. The minimum Gasteiger partial charge on any atom is -0.462 e. The zero-order chi connectivity index (χ0) is 50.7. The maximum atomic E-state index is 12.9. The summed E-state index contributed by atoms with van der Waals surface area (Å²) in [7, 11) is 0. The summed E-state index contributed by atoms with van der Waals surface area (Å²) < 4.78 is 16.9. The van der Waals surface area contributed by atoms with E-state index in [1.165, 1.54) is 244 Å². The Morgan fingerprint density at radius 2 is 0.514 bits per heavy atom. The number of allylic oxidation sites excluding steroid dienone is 4. The van der Waals surface area contributed by atoms with E-state index in [1.54, 1.807) is 0 Å². The van der Waals surface area contributed by atoms with Crippen molar-refractivity contribution >= 4 is 17.9 Å². The third kappa shape index (κ3) is 56.8. The molecule has 0 aromatic heterocycles. The first kappa shape index (κ1) is 67.9. The SMILES string of the molecule is CCCCC/C=C\C/C=C\CCCCCCCCCCCC(=O)OCC(COC(=O)CCCCCCCCCCCCCCCC)OC(=O)CCCCCCCCCCCCCCCCCCCCC. The molecular formula is C64H120O6. The number of carbonyl (C=O) groups excluding carboxylic acids is 3. The van der Waals surface area contributed by atoms with Crippen molar-refractivity contribution < 1.29 is 28.6 Å². The van der Waals surface area contributed by atoms with E-state index in [4.69, 9.17) is 14.2 Å². The molecule has 0 rings (SSSR count). The highest BCUT2D eigenvalue weighted by molar-refractivity contribution is 5.71. The first-order valence-corrected chi connectivity index (χ1v) is 31.3. The second-order valence-corrected chi connectivity index (χ2v) is 21.3. The predicted molar refractivity (Wildman–Crippen MR) is 303 cm³/mol. The van der Waals surface area contributed by atoms with Crippen molar-refractivity contribution in [2.24, 2.45) is 0 Å². The zero-order valence-electron chi connectivity index (χ0n) is 47.3. The fourth-order valence-electron chi connectivity index (χ4n) is 9.48. The molecule has 0 saturated heterocycles. The number of hydrogen-bond donors (Lipinski definition) is 0. The van der Waals surface area contributed by atoms with E-state index in [-0.39, 0.29) is 31.1 Å². The van der Waals surface area contributed by atoms with E-state index in [1.807, 2.05) is 0 Å². The quantitative estimate of drug-likeness (QED) is 0.0261. The fraction of sp³-hybridized carbons (Fsp3) is 0.891. The van der Waals surface area contributed by atoms with E-state index >= 15 is 0 Å². The lowest BCUT2D eigenvalue weighted by molar-refractivity contribution is -0.167. The van der Waals surface area contributed by atoms with E-state index in [9.17, 15) is 14.4 Å². The van der Waals surface area contributed by atoms with Crippen molar-refractivity contribution in [1.29, 1.82) is 0 Å². The van der Waals surface area contributed by atoms with Crippen LogP contribution in [0.4, 0.5) is 0 Å². The molecule has 0 aliphatic heterocycles. The highest BCUT2D eigenvalue weighted by Gasteiger charge is 2.19. The van der Waals surface area contributed by atoms with Crippen LogP contribution in [0.5, 0.6) is 0 Å². The van der Waals surface area contributed by atoms with Gasteiger partial charge in [0.05, 0.1) is 0 Å². The van der Waals surface area contributed by atoms with Gasteiger partial charge in [-0.05, 0) is 51.4 Å². The molecule has 0 saturated carbocycles. The summed E-state index contributed by atoms with van der Waals surface area (Å²) >= 11 is 0. The van der Waals surface area contributed by atoms with Crippen LogP contribution < -0.4 is 0 Å². The van der Waals surface area contributed by atoms with Gasteiger partial charge in [0.25, 0.3) is 0 Å². The Hall–Kier alpha value is -2.11. The summed E-state index contributed by atoms with van der Waals surface area (Å²) in [5.74, 6) is -0.843. The smallest absolute Gasteiger partial charge is 0.306 e. The molecule has 1 unspecified atom stereocenters. The van der Waals surface area contributed by atoms with E-state index in [0.29, 0.717) is 19.3 Å². The number of unbranched alkanes of at least 4 members (excludes halogenated alkanes) is 43. The number of hydrogen-bond acceptors (Lipinski definition) is 6. The van der Waals surface area contributed by atoms with E-state index in [0.717, 1.165) is 64.2 Å². The van der Waals surface area contributed by atoms with Crippen LogP contribution in [0.2, 0.25) is 0 Å². The molecule has 6 heteroatoms. The zero-order valence-corrected chi connectivity index (χ0v) is 47.3. The molecule has 0 aromatic carbocycles. The van der Waals surface area contributed by atoms with Gasteiger partial charge in [-0.3, -0.25) is 14.4 Å². The van der Waals surface area contributed by atoms with Gasteiger partial charge in [0, 0.05) is 19.3 Å². The van der Waals surface area contributed by atoms with Gasteiger partial charge in [-0.25, -0.2) is 0 Å². The molecule has 0 radical (unpaired) electrons. The van der Waals surface area contributed by atoms with Crippen LogP contribution in [-0.2, 0) is 28.6 Å². The Bertz CT molecular complexity index is 1130. The second-order valence-electron chi connectivity index (χ2n) is 21.3. The molecule has 0 bridgehead atoms. The molecule has 0 heterocycles. The van der Waals surface area contributed by atoms with Crippen molar-refractivity contribution in [2.75, 3.05) is 13.2 Å². The summed E-state index contributed by atoms with van der Waals surface area (Å²) in [6.45, 7) is 6.68. The Morgan fingerprint density at radius 1 is 0.286 bits per heavy atom. The first-order chi connectivity index (χ1) is 34.5. The third-order valence-corrected chi connectivity index (χ3v) is 14.2. The summed E-state index contributed by atoms with van der Waals surface area (Å²) in [6, 6.07) is 0. The lowest BCUT2D eigenvalue weighted by Gasteiger charge is -2.18. The molecule has 0 aromatic rings. The molecule has 6 nitrogen and oxygen atoms in total. The largest absolute Gasteiger partial charge is 0.462 e. The number of esters is 3. The average Bonchev–Trinajstić information content (AvgIpc) is 3.36. The van der Waals surface area contributed by atoms with Crippen LogP contribution in [0, 0.1) is 0 Å². The van der Waals surface area contributed by atoms with Gasteiger partial charge < -0.3 is 14.2 Å². The summed E-state index contributed by atoms with van der Waals surface area (Å²) in [4.78, 5) is 38.3. The van der Waals surface area contributed by atoms with E-state index < -0.39 is 6.10 Å². The highest BCUT2D eigenvalue weighted by atomic mass is 16.6. The number of ether oxygens (including phenoxy) is 3. The Morgan fingerprint density at radius 3 is 0.814 bits per heavy atom. The van der Waals surface area contributed by atoms with Gasteiger partial charge in [0.15, 0.2) is 6.10 Å². The maximum absolute atomic E-state index is 12.9. The molecule has 0 fully saturated rings. The van der Waals surface area contributed by atoms with Crippen molar-refractivity contribution in [1.82, 2.24) is 0 Å². The van der Waals surface area contributed by atoms with Crippen molar-refractivity contribution in [3.05, 3.63) is 24.3 Å². The molecule has 0 N–H and O–H groups in total. The lowest BCUT2D eigenvalue weighted by atomic mass is 10.0. The van der Waals surface area contributed by atoms with Crippen LogP contribution in [0.1, 0.15) is 348 Å². The summed E-state index contributed by atoms with van der Waals surface area (Å²) in [5.41, 5.74) is 0. The normalized spacial score (nSPS) is 12.1. The van der Waals surface area contributed by atoms with Gasteiger partial charge in [0.1, 0.15) is 13.2 Å². The molecule has 1 atom stereocenters. The average molecular weight is 986 g/mol. The van der Waals surface area contributed by atoms with Crippen molar-refractivity contribution in [3.8, 4) is 0 Å². The Balaban J connectivity index is 4.30. The standard InChI is InChI=1S/C64H120O6/c1-4-7-10-13-16-19-22-25-28-30-32-34-36-39-42-45-48-51-54-57-63(66)69-60-61(59-68-62(65)56-53-50-47-44-41-38-27-24-21-18-15-12-9-6-3)70-64(67)58-55-52-49-46-43-40-37-35-33-31-29-26-23-20-17-14-11-8-5-2/h16,19,25,28,61H,4-15,17-18,20-24,26-27,29-60H2,1-3H3/b19-16-,28-25-. The van der Waals surface area contributed by atoms with Gasteiger partial charge in [-0.2, -0.15) is 0 Å². The monoisotopic (exact) mass is 985 g/mol. The Kier molecular flexibility index (Phi) is 57.7. The maximum Gasteiger partial charge on any atom is 0.306 e. The molecule has 0 aliphatic carbocycles. The number of rotatable bonds is 58. The van der Waals surface area contributed by atoms with Crippen molar-refractivity contribution in [2.45, 2.75) is 354 Å². The van der Waals surface area contributed by atoms with Gasteiger partial charge in [0.2, 0.25) is 0 Å². The molecule has 412 valence electrons. The van der Waals surface area contributed by atoms with Gasteiger partial charge >= 0.3 is 17.9 Å². The van der Waals surface area contributed by atoms with Gasteiger partial charge in [-0.1, -0.05) is 302 Å². The second kappa shape index (κ2) is 59.5. The highest BCUT2D eigenvalue weighted by Crippen LogP contribution is 2.18. The fourth-order valence-corrected chi connectivity index (χ4v) is 9.48.